The summed E-state index contributed by atoms with van der Waals surface area (Å²) in [4.78, 5) is 24.4. The lowest BCUT2D eigenvalue weighted by molar-refractivity contribution is 0.229. The largest absolute Gasteiger partial charge is 0.337 e. The van der Waals surface area contributed by atoms with Crippen molar-refractivity contribution < 1.29 is 9.59 Å². The first-order valence-corrected chi connectivity index (χ1v) is 10.6. The van der Waals surface area contributed by atoms with Crippen LogP contribution < -0.4 is 21.5 Å². The number of hydrogen-bond donors (Lipinski definition) is 4. The molecule has 4 amide bonds. The number of urea groups is 2. The Labute approximate surface area is 181 Å². The first kappa shape index (κ1) is 19.2. The minimum atomic E-state index is -0.499. The summed E-state index contributed by atoms with van der Waals surface area (Å²) in [6, 6.07) is 25.2. The lowest BCUT2D eigenvalue weighted by Gasteiger charge is -2.13. The van der Waals surface area contributed by atoms with Crippen LogP contribution >= 0.6 is 0 Å². The number of amides is 4. The molecular formula is C25H24N4O2. The lowest BCUT2D eigenvalue weighted by Crippen LogP contribution is -2.49. The van der Waals surface area contributed by atoms with Gasteiger partial charge in [-0.05, 0) is 53.1 Å². The average Bonchev–Trinajstić information content (AvgIpc) is 3.52. The quantitative estimate of drug-likeness (QED) is 0.481. The number of rotatable bonds is 3. The van der Waals surface area contributed by atoms with E-state index in [9.17, 15) is 9.59 Å². The summed E-state index contributed by atoms with van der Waals surface area (Å²) in [6.07, 6.45) is 2.14. The number of hydrazine groups is 1. The van der Waals surface area contributed by atoms with Gasteiger partial charge < -0.3 is 10.6 Å². The molecule has 31 heavy (non-hydrogen) atoms. The number of nitrogens with one attached hydrogen (secondary N) is 4. The normalized spacial score (nSPS) is 20.6. The molecule has 5 rings (SSSR count). The minimum Gasteiger partial charge on any atom is -0.333 e. The number of benzene rings is 3. The number of carbonyl (C=O) groups is 2. The fraction of sp³-hybridized carbons (Fsp3) is 0.200. The Balaban J connectivity index is 1.09. The summed E-state index contributed by atoms with van der Waals surface area (Å²) in [5, 5.41) is 5.70. The standard InChI is InChI=1S/C25H24N4O2/c30-24(26-19-13-10-17(11-14-19)16-6-2-1-3-7-16)28-29-25(31)27-23-21-15-12-18-8-4-5-9-20(18)22(21)23/h1-11,13-14,21-23H,12,15H2,(H2,26,28,30)(H2,27,29,31). The molecule has 4 N–H and O–H groups in total. The maximum Gasteiger partial charge on any atom is 0.337 e. The number of carbonyl (C=O) groups excluding carboxylic acids is 2. The first-order chi connectivity index (χ1) is 15.2. The first-order valence-electron chi connectivity index (χ1n) is 10.6. The number of anilines is 1. The van der Waals surface area contributed by atoms with Crippen LogP contribution in [0.15, 0.2) is 78.9 Å². The van der Waals surface area contributed by atoms with Crippen molar-refractivity contribution in [3.8, 4) is 11.1 Å². The van der Waals surface area contributed by atoms with Crippen molar-refractivity contribution in [1.82, 2.24) is 16.2 Å². The second-order valence-corrected chi connectivity index (χ2v) is 8.07. The van der Waals surface area contributed by atoms with Crippen molar-refractivity contribution in [3.63, 3.8) is 0 Å². The number of aryl methyl sites for hydroxylation is 1. The van der Waals surface area contributed by atoms with Gasteiger partial charge in [0.05, 0.1) is 0 Å². The van der Waals surface area contributed by atoms with Crippen LogP contribution in [0, 0.1) is 5.92 Å². The van der Waals surface area contributed by atoms with Crippen molar-refractivity contribution in [3.05, 3.63) is 90.0 Å². The van der Waals surface area contributed by atoms with Crippen molar-refractivity contribution in [2.24, 2.45) is 5.92 Å². The highest BCUT2D eigenvalue weighted by atomic mass is 16.2. The Kier molecular flexibility index (Phi) is 5.04. The molecule has 0 aromatic heterocycles. The van der Waals surface area contributed by atoms with Gasteiger partial charge in [0.25, 0.3) is 0 Å². The van der Waals surface area contributed by atoms with Crippen LogP contribution in [0.1, 0.15) is 23.5 Å². The van der Waals surface area contributed by atoms with Gasteiger partial charge in [0, 0.05) is 17.6 Å². The van der Waals surface area contributed by atoms with Crippen molar-refractivity contribution in [1.29, 1.82) is 0 Å². The zero-order chi connectivity index (χ0) is 21.2. The van der Waals surface area contributed by atoms with Gasteiger partial charge in [-0.3, -0.25) is 0 Å². The Hall–Kier alpha value is -3.80. The van der Waals surface area contributed by atoms with E-state index >= 15 is 0 Å². The molecule has 3 unspecified atom stereocenters. The fourth-order valence-electron chi connectivity index (χ4n) is 4.60. The Morgan fingerprint density at radius 2 is 1.42 bits per heavy atom. The molecule has 0 aliphatic heterocycles. The van der Waals surface area contributed by atoms with E-state index in [-0.39, 0.29) is 6.04 Å². The molecule has 3 atom stereocenters. The number of fused-ring (bicyclic) bond motifs is 3. The van der Waals surface area contributed by atoms with E-state index in [4.69, 9.17) is 0 Å². The smallest absolute Gasteiger partial charge is 0.333 e. The summed E-state index contributed by atoms with van der Waals surface area (Å²) in [5.74, 6) is 0.866. The highest BCUT2D eigenvalue weighted by molar-refractivity contribution is 5.91. The molecule has 0 radical (unpaired) electrons. The zero-order valence-electron chi connectivity index (χ0n) is 17.0. The molecule has 156 valence electrons. The van der Waals surface area contributed by atoms with Gasteiger partial charge in [0.1, 0.15) is 0 Å². The molecule has 1 saturated carbocycles. The van der Waals surface area contributed by atoms with Crippen molar-refractivity contribution >= 4 is 17.7 Å². The average molecular weight is 412 g/mol. The molecule has 6 heteroatoms. The number of hydrogen-bond acceptors (Lipinski definition) is 2. The highest BCUT2D eigenvalue weighted by Gasteiger charge is 2.53. The molecule has 0 saturated heterocycles. The van der Waals surface area contributed by atoms with Crippen LogP contribution in [0.2, 0.25) is 0 Å². The van der Waals surface area contributed by atoms with E-state index in [1.165, 1.54) is 11.1 Å². The summed E-state index contributed by atoms with van der Waals surface area (Å²) >= 11 is 0. The summed E-state index contributed by atoms with van der Waals surface area (Å²) < 4.78 is 0. The molecule has 0 heterocycles. The molecule has 3 aromatic rings. The van der Waals surface area contributed by atoms with Crippen LogP contribution in [-0.2, 0) is 6.42 Å². The monoisotopic (exact) mass is 412 g/mol. The zero-order valence-corrected chi connectivity index (χ0v) is 17.0. The SMILES string of the molecule is O=C(NNC(=O)NC1C2CCc3ccccc3C21)Nc1ccc(-c2ccccc2)cc1. The maximum absolute atomic E-state index is 12.2. The molecule has 0 bridgehead atoms. The van der Waals surface area contributed by atoms with E-state index in [2.05, 4.69) is 45.8 Å². The van der Waals surface area contributed by atoms with Crippen LogP contribution in [0.5, 0.6) is 0 Å². The van der Waals surface area contributed by atoms with E-state index in [0.717, 1.165) is 24.0 Å². The van der Waals surface area contributed by atoms with E-state index in [0.29, 0.717) is 17.5 Å². The molecule has 2 aliphatic rings. The van der Waals surface area contributed by atoms with Crippen molar-refractivity contribution in [2.75, 3.05) is 5.32 Å². The highest BCUT2D eigenvalue weighted by Crippen LogP contribution is 2.54. The van der Waals surface area contributed by atoms with Gasteiger partial charge in [-0.1, -0.05) is 66.7 Å². The summed E-state index contributed by atoms with van der Waals surface area (Å²) in [7, 11) is 0. The Morgan fingerprint density at radius 1 is 0.742 bits per heavy atom. The van der Waals surface area contributed by atoms with E-state index < -0.39 is 12.1 Å². The molecule has 3 aromatic carbocycles. The Morgan fingerprint density at radius 3 is 2.23 bits per heavy atom. The molecule has 0 spiro atoms. The lowest BCUT2D eigenvalue weighted by atomic mass is 9.92. The minimum absolute atomic E-state index is 0.124. The van der Waals surface area contributed by atoms with Gasteiger partial charge in [0.15, 0.2) is 0 Å². The van der Waals surface area contributed by atoms with Crippen molar-refractivity contribution in [2.45, 2.75) is 24.8 Å². The summed E-state index contributed by atoms with van der Waals surface area (Å²) in [6.45, 7) is 0. The summed E-state index contributed by atoms with van der Waals surface area (Å²) in [5.41, 5.74) is 10.4. The Bertz CT molecular complexity index is 1100. The van der Waals surface area contributed by atoms with E-state index in [1.54, 1.807) is 0 Å². The molecule has 6 nitrogen and oxygen atoms in total. The maximum atomic E-state index is 12.2. The van der Waals surface area contributed by atoms with E-state index in [1.807, 2.05) is 54.6 Å². The van der Waals surface area contributed by atoms with Crippen LogP contribution in [0.3, 0.4) is 0 Å². The van der Waals surface area contributed by atoms with Crippen LogP contribution in [0.25, 0.3) is 11.1 Å². The van der Waals surface area contributed by atoms with Crippen LogP contribution in [0.4, 0.5) is 15.3 Å². The fourth-order valence-corrected chi connectivity index (χ4v) is 4.60. The third-order valence-corrected chi connectivity index (χ3v) is 6.17. The topological polar surface area (TPSA) is 82.3 Å². The second-order valence-electron chi connectivity index (χ2n) is 8.07. The molecule has 1 fully saturated rings. The van der Waals surface area contributed by atoms with Gasteiger partial charge in [-0.15, -0.1) is 0 Å². The third kappa shape index (κ3) is 4.10. The van der Waals surface area contributed by atoms with Gasteiger partial charge in [-0.25, -0.2) is 20.4 Å². The predicted octanol–water partition coefficient (Wildman–Crippen LogP) is 4.42. The molecular weight excluding hydrogens is 388 g/mol. The van der Waals surface area contributed by atoms with Gasteiger partial charge in [0.2, 0.25) is 0 Å². The van der Waals surface area contributed by atoms with Gasteiger partial charge >= 0.3 is 12.1 Å². The molecule has 2 aliphatic carbocycles. The third-order valence-electron chi connectivity index (χ3n) is 6.17. The predicted molar refractivity (Wildman–Crippen MR) is 120 cm³/mol. The second kappa shape index (κ2) is 8.14. The van der Waals surface area contributed by atoms with Crippen LogP contribution in [-0.4, -0.2) is 18.1 Å². The van der Waals surface area contributed by atoms with Gasteiger partial charge in [-0.2, -0.15) is 0 Å².